The second kappa shape index (κ2) is 9.35. The van der Waals surface area contributed by atoms with Crippen LogP contribution >= 0.6 is 11.6 Å². The fraction of sp³-hybridized carbons (Fsp3) is 0.450. The summed E-state index contributed by atoms with van der Waals surface area (Å²) in [4.78, 5) is 16.8. The number of aromatic amines is 1. The van der Waals surface area contributed by atoms with Gasteiger partial charge in [-0.3, -0.25) is 15.6 Å². The Kier molecular flexibility index (Phi) is 6.88. The molecule has 0 spiro atoms. The number of amides is 1. The van der Waals surface area contributed by atoms with Gasteiger partial charge in [0, 0.05) is 31.9 Å². The molecular formula is C20H26ClFN4O. The fourth-order valence-electron chi connectivity index (χ4n) is 3.44. The first-order valence-corrected chi connectivity index (χ1v) is 9.76. The molecule has 1 fully saturated rings. The predicted molar refractivity (Wildman–Crippen MR) is 105 cm³/mol. The van der Waals surface area contributed by atoms with Gasteiger partial charge in [0.2, 0.25) is 0 Å². The number of aromatic nitrogens is 1. The molecule has 5 nitrogen and oxygen atoms in total. The van der Waals surface area contributed by atoms with E-state index < -0.39 is 0 Å². The van der Waals surface area contributed by atoms with Gasteiger partial charge < -0.3 is 9.88 Å². The lowest BCUT2D eigenvalue weighted by Gasteiger charge is -2.16. The summed E-state index contributed by atoms with van der Waals surface area (Å²) in [6, 6.07) is 8.97. The first-order valence-electron chi connectivity index (χ1n) is 9.39. The summed E-state index contributed by atoms with van der Waals surface area (Å²) in [5.41, 5.74) is 8.26. The lowest BCUT2D eigenvalue weighted by Crippen LogP contribution is -2.30. The number of hydrogen-bond acceptors (Lipinski definition) is 3. The number of halogens is 2. The van der Waals surface area contributed by atoms with E-state index in [0.717, 1.165) is 44.2 Å². The van der Waals surface area contributed by atoms with Gasteiger partial charge in [-0.05, 0) is 43.0 Å². The van der Waals surface area contributed by atoms with Gasteiger partial charge in [0.15, 0.2) is 0 Å². The number of nitrogens with zero attached hydrogens (tertiary/aromatic N) is 1. The molecule has 2 heterocycles. The summed E-state index contributed by atoms with van der Waals surface area (Å²) >= 11 is 5.84. The molecular weight excluding hydrogens is 367 g/mol. The number of H-pyrrole nitrogens is 1. The summed E-state index contributed by atoms with van der Waals surface area (Å²) in [7, 11) is 1.81. The molecule has 0 bridgehead atoms. The summed E-state index contributed by atoms with van der Waals surface area (Å²) in [5.74, 6) is -0.241. The van der Waals surface area contributed by atoms with Gasteiger partial charge in [0.1, 0.15) is 11.5 Å². The molecule has 0 aliphatic carbocycles. The van der Waals surface area contributed by atoms with Crippen molar-refractivity contribution >= 4 is 17.5 Å². The lowest BCUT2D eigenvalue weighted by atomic mass is 9.99. The molecule has 1 saturated heterocycles. The first-order chi connectivity index (χ1) is 13.0. The van der Waals surface area contributed by atoms with E-state index in [1.165, 1.54) is 12.1 Å². The minimum Gasteiger partial charge on any atom is -0.356 e. The molecule has 3 N–H and O–H groups in total. The van der Waals surface area contributed by atoms with Crippen LogP contribution in [0.25, 0.3) is 0 Å². The van der Waals surface area contributed by atoms with E-state index >= 15 is 0 Å². The highest BCUT2D eigenvalue weighted by Gasteiger charge is 2.24. The Morgan fingerprint density at radius 1 is 1.22 bits per heavy atom. The minimum atomic E-state index is -0.205. The maximum Gasteiger partial charge on any atom is 0.270 e. The number of carbonyl (C=O) groups excluding carboxylic acids is 1. The predicted octanol–water partition coefficient (Wildman–Crippen LogP) is 4.05. The molecule has 1 aliphatic rings. The molecule has 1 aromatic heterocycles. The van der Waals surface area contributed by atoms with E-state index in [9.17, 15) is 9.18 Å². The second-order valence-electron chi connectivity index (χ2n) is 7.13. The van der Waals surface area contributed by atoms with E-state index in [1.54, 1.807) is 17.2 Å². The van der Waals surface area contributed by atoms with Gasteiger partial charge in [-0.1, -0.05) is 36.6 Å². The molecule has 2 aromatic rings. The number of hydrazine groups is 1. The van der Waals surface area contributed by atoms with Gasteiger partial charge in [-0.25, -0.2) is 4.39 Å². The van der Waals surface area contributed by atoms with Crippen LogP contribution in [0.4, 0.5) is 4.39 Å². The highest BCUT2D eigenvalue weighted by molar-refractivity contribution is 6.30. The lowest BCUT2D eigenvalue weighted by molar-refractivity contribution is 0.0787. The van der Waals surface area contributed by atoms with E-state index in [4.69, 9.17) is 11.6 Å². The van der Waals surface area contributed by atoms with E-state index in [1.807, 2.05) is 19.2 Å². The average Bonchev–Trinajstić information content (AvgIpc) is 3.30. The fourth-order valence-corrected chi connectivity index (χ4v) is 3.60. The Balaban J connectivity index is 1.31. The van der Waals surface area contributed by atoms with Gasteiger partial charge in [0.25, 0.3) is 5.91 Å². The molecule has 1 amide bonds. The topological polar surface area (TPSA) is 60.2 Å². The molecule has 1 aromatic carbocycles. The highest BCUT2D eigenvalue weighted by Crippen LogP contribution is 2.24. The zero-order valence-electron chi connectivity index (χ0n) is 15.5. The first kappa shape index (κ1) is 19.9. The van der Waals surface area contributed by atoms with Crippen molar-refractivity contribution in [2.24, 2.45) is 0 Å². The van der Waals surface area contributed by atoms with Gasteiger partial charge in [-0.2, -0.15) is 0 Å². The Morgan fingerprint density at radius 3 is 2.70 bits per heavy atom. The summed E-state index contributed by atoms with van der Waals surface area (Å²) in [5, 5.41) is 0.545. The van der Waals surface area contributed by atoms with Gasteiger partial charge in [0.05, 0.1) is 5.02 Å². The Hall–Kier alpha value is -1.89. The standard InChI is InChI=1S/C20H26ClFN4O/c1-26(20(27)19-11-15(21)13-23-19)10-4-2-3-5-17-12-18(25-24-17)14-6-8-16(22)9-7-14/h6-9,11,13,17-18,23-25H,2-5,10,12H2,1H3. The molecule has 0 saturated carbocycles. The van der Waals surface area contributed by atoms with Crippen LogP contribution in [0.1, 0.15) is 54.2 Å². The SMILES string of the molecule is CN(CCCCCC1CC(c2ccc(F)cc2)NN1)C(=O)c1cc(Cl)c[nH]1. The maximum atomic E-state index is 13.0. The van der Waals surface area contributed by atoms with Crippen molar-refractivity contribution in [3.05, 3.63) is 58.6 Å². The average molecular weight is 393 g/mol. The zero-order valence-corrected chi connectivity index (χ0v) is 16.2. The summed E-state index contributed by atoms with van der Waals surface area (Å²) < 4.78 is 13.0. The number of hydrogen-bond donors (Lipinski definition) is 3. The van der Waals surface area contributed by atoms with Crippen molar-refractivity contribution in [1.29, 1.82) is 0 Å². The van der Waals surface area contributed by atoms with Crippen LogP contribution in [0.15, 0.2) is 36.5 Å². The summed E-state index contributed by atoms with van der Waals surface area (Å²) in [6.45, 7) is 0.726. The van der Waals surface area contributed by atoms with Gasteiger partial charge in [-0.15, -0.1) is 0 Å². The Labute approximate surface area is 164 Å². The van der Waals surface area contributed by atoms with E-state index in [0.29, 0.717) is 16.8 Å². The van der Waals surface area contributed by atoms with Crippen molar-refractivity contribution in [3.63, 3.8) is 0 Å². The Bertz CT molecular complexity index is 749. The molecule has 146 valence electrons. The maximum absolute atomic E-state index is 13.0. The monoisotopic (exact) mass is 392 g/mol. The number of rotatable bonds is 8. The van der Waals surface area contributed by atoms with Gasteiger partial charge >= 0.3 is 0 Å². The van der Waals surface area contributed by atoms with Crippen molar-refractivity contribution in [2.45, 2.75) is 44.2 Å². The molecule has 7 heteroatoms. The zero-order chi connectivity index (χ0) is 19.2. The molecule has 2 atom stereocenters. The highest BCUT2D eigenvalue weighted by atomic mass is 35.5. The van der Waals surface area contributed by atoms with Crippen LogP contribution in [-0.2, 0) is 0 Å². The van der Waals surface area contributed by atoms with Crippen LogP contribution in [0.5, 0.6) is 0 Å². The number of benzene rings is 1. The van der Waals surface area contributed by atoms with Crippen molar-refractivity contribution in [3.8, 4) is 0 Å². The van der Waals surface area contributed by atoms with E-state index in [-0.39, 0.29) is 17.8 Å². The number of nitrogens with one attached hydrogen (secondary N) is 3. The molecule has 1 aliphatic heterocycles. The number of carbonyl (C=O) groups is 1. The largest absolute Gasteiger partial charge is 0.356 e. The van der Waals surface area contributed by atoms with Crippen LogP contribution < -0.4 is 10.9 Å². The molecule has 0 radical (unpaired) electrons. The third-order valence-electron chi connectivity index (χ3n) is 5.03. The van der Waals surface area contributed by atoms with E-state index in [2.05, 4.69) is 15.8 Å². The van der Waals surface area contributed by atoms with Crippen molar-refractivity contribution in [1.82, 2.24) is 20.7 Å². The molecule has 2 unspecified atom stereocenters. The normalized spacial score (nSPS) is 19.4. The van der Waals surface area contributed by atoms with Crippen molar-refractivity contribution < 1.29 is 9.18 Å². The Morgan fingerprint density at radius 2 is 2.00 bits per heavy atom. The third kappa shape index (κ3) is 5.54. The molecule has 27 heavy (non-hydrogen) atoms. The smallest absolute Gasteiger partial charge is 0.270 e. The van der Waals surface area contributed by atoms with Crippen LogP contribution in [0.2, 0.25) is 5.02 Å². The van der Waals surface area contributed by atoms with Crippen molar-refractivity contribution in [2.75, 3.05) is 13.6 Å². The molecule has 3 rings (SSSR count). The summed E-state index contributed by atoms with van der Waals surface area (Å²) in [6.07, 6.45) is 6.84. The van der Waals surface area contributed by atoms with Crippen LogP contribution in [-0.4, -0.2) is 35.4 Å². The number of unbranched alkanes of at least 4 members (excludes halogenated alkanes) is 2. The minimum absolute atomic E-state index is 0.0364. The second-order valence-corrected chi connectivity index (χ2v) is 7.57. The third-order valence-corrected chi connectivity index (χ3v) is 5.24. The quantitative estimate of drug-likeness (QED) is 0.594. The van der Waals surface area contributed by atoms with Crippen LogP contribution in [0, 0.1) is 5.82 Å². The van der Waals surface area contributed by atoms with Crippen LogP contribution in [0.3, 0.4) is 0 Å².